The van der Waals surface area contributed by atoms with Gasteiger partial charge < -0.3 is 14.6 Å². The second kappa shape index (κ2) is 6.56. The van der Waals surface area contributed by atoms with Crippen LogP contribution in [-0.2, 0) is 19.1 Å². The van der Waals surface area contributed by atoms with Gasteiger partial charge in [0.25, 0.3) is 0 Å². The zero-order chi connectivity index (χ0) is 10.3. The fourth-order valence-electron chi connectivity index (χ4n) is 0.701. The Bertz CT molecular complexity index is 177. The monoisotopic (exact) mass is 190 g/mol. The van der Waals surface area contributed by atoms with Gasteiger partial charge in [-0.05, 0) is 13.8 Å². The molecule has 0 bridgehead atoms. The summed E-state index contributed by atoms with van der Waals surface area (Å²) in [5.41, 5.74) is 0. The Balaban J connectivity index is 3.79. The van der Waals surface area contributed by atoms with E-state index in [1.54, 1.807) is 6.92 Å². The van der Waals surface area contributed by atoms with Crippen LogP contribution in [0.25, 0.3) is 0 Å². The highest BCUT2D eigenvalue weighted by atomic mass is 16.7. The fourth-order valence-corrected chi connectivity index (χ4v) is 0.701. The number of hydrogen-bond acceptors (Lipinski definition) is 5. The molecule has 0 aromatic rings. The number of esters is 1. The van der Waals surface area contributed by atoms with Crippen molar-refractivity contribution in [3.63, 3.8) is 0 Å². The van der Waals surface area contributed by atoms with Gasteiger partial charge in [-0.15, -0.1) is 0 Å². The summed E-state index contributed by atoms with van der Waals surface area (Å²) < 4.78 is 9.46. The molecule has 0 aromatic heterocycles. The van der Waals surface area contributed by atoms with Crippen molar-refractivity contribution in [2.24, 2.45) is 0 Å². The Labute approximate surface area is 76.6 Å². The third kappa shape index (κ3) is 6.24. The lowest BCUT2D eigenvalue weighted by Crippen LogP contribution is -2.25. The van der Waals surface area contributed by atoms with Crippen molar-refractivity contribution in [3.8, 4) is 0 Å². The Morgan fingerprint density at radius 1 is 1.46 bits per heavy atom. The van der Waals surface area contributed by atoms with Crippen LogP contribution in [-0.4, -0.2) is 36.4 Å². The molecule has 0 rings (SSSR count). The van der Waals surface area contributed by atoms with E-state index in [1.807, 2.05) is 0 Å². The average molecular weight is 190 g/mol. The van der Waals surface area contributed by atoms with Gasteiger partial charge in [0.1, 0.15) is 18.8 Å². The van der Waals surface area contributed by atoms with Gasteiger partial charge in [-0.2, -0.15) is 0 Å². The lowest BCUT2D eigenvalue weighted by atomic mass is 10.3. The third-order valence-corrected chi connectivity index (χ3v) is 1.16. The summed E-state index contributed by atoms with van der Waals surface area (Å²) in [6.07, 6.45) is -1.25. The standard InChI is InChI=1S/C8H14O5/c1-3-12-8(5-9)13-7(11)4-6(2)10/h8-9H,3-5H2,1-2H3. The first-order valence-electron chi connectivity index (χ1n) is 4.01. The van der Waals surface area contributed by atoms with Crippen LogP contribution in [0.2, 0.25) is 0 Å². The van der Waals surface area contributed by atoms with Crippen LogP contribution in [0.5, 0.6) is 0 Å². The van der Waals surface area contributed by atoms with Gasteiger partial charge in [0, 0.05) is 6.61 Å². The van der Waals surface area contributed by atoms with Gasteiger partial charge >= 0.3 is 5.97 Å². The maximum Gasteiger partial charge on any atom is 0.315 e. The average Bonchev–Trinajstić information content (AvgIpc) is 2.02. The molecule has 0 amide bonds. The predicted octanol–water partition coefficient (Wildman–Crippen LogP) is -0.136. The molecule has 0 saturated carbocycles. The smallest absolute Gasteiger partial charge is 0.315 e. The molecule has 5 heteroatoms. The number of carbonyl (C=O) groups excluding carboxylic acids is 2. The second-order valence-electron chi connectivity index (χ2n) is 2.44. The van der Waals surface area contributed by atoms with Crippen molar-refractivity contribution >= 4 is 11.8 Å². The van der Waals surface area contributed by atoms with Gasteiger partial charge in [-0.1, -0.05) is 0 Å². The number of ether oxygens (including phenoxy) is 2. The molecule has 0 radical (unpaired) electrons. The molecule has 0 aliphatic carbocycles. The topological polar surface area (TPSA) is 72.8 Å². The van der Waals surface area contributed by atoms with Crippen LogP contribution >= 0.6 is 0 Å². The second-order valence-corrected chi connectivity index (χ2v) is 2.44. The van der Waals surface area contributed by atoms with E-state index >= 15 is 0 Å². The molecular formula is C8H14O5. The van der Waals surface area contributed by atoms with Crippen LogP contribution in [0.15, 0.2) is 0 Å². The highest BCUT2D eigenvalue weighted by Crippen LogP contribution is 1.97. The lowest BCUT2D eigenvalue weighted by molar-refractivity contribution is -0.185. The minimum absolute atomic E-state index is 0.279. The molecule has 0 aliphatic rings. The number of aliphatic hydroxyl groups excluding tert-OH is 1. The van der Waals surface area contributed by atoms with Crippen molar-refractivity contribution in [3.05, 3.63) is 0 Å². The number of hydrogen-bond donors (Lipinski definition) is 1. The number of carbonyl (C=O) groups is 2. The summed E-state index contributed by atoms with van der Waals surface area (Å²) in [6.45, 7) is 2.92. The van der Waals surface area contributed by atoms with Crippen LogP contribution in [0.4, 0.5) is 0 Å². The molecule has 13 heavy (non-hydrogen) atoms. The lowest BCUT2D eigenvalue weighted by Gasteiger charge is -2.14. The molecule has 0 saturated heterocycles. The Hall–Kier alpha value is -0.940. The number of aliphatic hydroxyl groups is 1. The summed E-state index contributed by atoms with van der Waals surface area (Å²) in [5.74, 6) is -0.960. The Morgan fingerprint density at radius 3 is 2.46 bits per heavy atom. The number of ketones is 1. The SMILES string of the molecule is CCOC(CO)OC(=O)CC(C)=O. The van der Waals surface area contributed by atoms with E-state index in [0.29, 0.717) is 6.61 Å². The van der Waals surface area contributed by atoms with E-state index < -0.39 is 18.9 Å². The van der Waals surface area contributed by atoms with Crippen molar-refractivity contribution in [1.29, 1.82) is 0 Å². The van der Waals surface area contributed by atoms with E-state index in [2.05, 4.69) is 4.74 Å². The van der Waals surface area contributed by atoms with Crippen molar-refractivity contribution in [2.45, 2.75) is 26.6 Å². The molecule has 0 heterocycles. The molecule has 76 valence electrons. The van der Waals surface area contributed by atoms with Gasteiger partial charge in [-0.25, -0.2) is 0 Å². The highest BCUT2D eigenvalue weighted by molar-refractivity contribution is 5.94. The van der Waals surface area contributed by atoms with Gasteiger partial charge in [0.2, 0.25) is 6.29 Å². The summed E-state index contributed by atoms with van der Waals surface area (Å²) >= 11 is 0. The van der Waals surface area contributed by atoms with E-state index in [9.17, 15) is 9.59 Å². The summed E-state index contributed by atoms with van der Waals surface area (Å²) in [7, 11) is 0. The number of Topliss-reactive ketones (excluding diaryl/α,β-unsaturated/α-hetero) is 1. The fraction of sp³-hybridized carbons (Fsp3) is 0.750. The Kier molecular flexibility index (Phi) is 6.09. The molecule has 0 aliphatic heterocycles. The molecule has 5 nitrogen and oxygen atoms in total. The molecule has 1 atom stereocenters. The molecule has 1 N–H and O–H groups in total. The quantitative estimate of drug-likeness (QED) is 0.358. The van der Waals surface area contributed by atoms with E-state index in [1.165, 1.54) is 6.92 Å². The molecule has 1 unspecified atom stereocenters. The minimum Gasteiger partial charge on any atom is -0.433 e. The van der Waals surface area contributed by atoms with Gasteiger partial charge in [0.05, 0.1) is 0 Å². The molecular weight excluding hydrogens is 176 g/mol. The van der Waals surface area contributed by atoms with Crippen LogP contribution in [0.3, 0.4) is 0 Å². The third-order valence-electron chi connectivity index (χ3n) is 1.16. The first-order chi connectivity index (χ1) is 6.10. The zero-order valence-electron chi connectivity index (χ0n) is 7.78. The first kappa shape index (κ1) is 12.1. The van der Waals surface area contributed by atoms with Gasteiger partial charge in [0.15, 0.2) is 0 Å². The maximum atomic E-state index is 10.9. The van der Waals surface area contributed by atoms with Gasteiger partial charge in [-0.3, -0.25) is 9.59 Å². The number of rotatable bonds is 6. The normalized spacial score (nSPS) is 12.2. The largest absolute Gasteiger partial charge is 0.433 e. The zero-order valence-corrected chi connectivity index (χ0v) is 7.78. The summed E-state index contributed by atoms with van der Waals surface area (Å²) in [4.78, 5) is 21.3. The van der Waals surface area contributed by atoms with Crippen molar-refractivity contribution in [1.82, 2.24) is 0 Å². The van der Waals surface area contributed by atoms with Crippen molar-refractivity contribution < 1.29 is 24.2 Å². The first-order valence-corrected chi connectivity index (χ1v) is 4.01. The summed E-state index contributed by atoms with van der Waals surface area (Å²) in [5, 5.41) is 8.65. The molecule has 0 fully saturated rings. The Morgan fingerprint density at radius 2 is 2.08 bits per heavy atom. The van der Waals surface area contributed by atoms with E-state index in [0.717, 1.165) is 0 Å². The van der Waals surface area contributed by atoms with Crippen LogP contribution in [0.1, 0.15) is 20.3 Å². The molecule has 0 spiro atoms. The highest BCUT2D eigenvalue weighted by Gasteiger charge is 2.14. The predicted molar refractivity (Wildman–Crippen MR) is 43.9 cm³/mol. The molecule has 0 aromatic carbocycles. The van der Waals surface area contributed by atoms with E-state index in [4.69, 9.17) is 9.84 Å². The van der Waals surface area contributed by atoms with Crippen molar-refractivity contribution in [2.75, 3.05) is 13.2 Å². The summed E-state index contributed by atoms with van der Waals surface area (Å²) in [6, 6.07) is 0. The minimum atomic E-state index is -0.961. The van der Waals surface area contributed by atoms with Crippen LogP contribution < -0.4 is 0 Å². The van der Waals surface area contributed by atoms with E-state index in [-0.39, 0.29) is 12.2 Å². The maximum absolute atomic E-state index is 10.9. The van der Waals surface area contributed by atoms with Crippen LogP contribution in [0, 0.1) is 0 Å².